The van der Waals surface area contributed by atoms with Gasteiger partial charge in [-0.25, -0.2) is 0 Å². The predicted octanol–water partition coefficient (Wildman–Crippen LogP) is 0.879. The number of benzene rings is 1. The molecule has 1 aliphatic rings. The summed E-state index contributed by atoms with van der Waals surface area (Å²) in [6.07, 6.45) is 1.94. The first-order valence-corrected chi connectivity index (χ1v) is 7.18. The molecule has 2 amide bonds. The van der Waals surface area contributed by atoms with Crippen molar-refractivity contribution in [3.63, 3.8) is 0 Å². The van der Waals surface area contributed by atoms with E-state index >= 15 is 0 Å². The molecular weight excluding hydrogens is 270 g/mol. The molecular formula is C15H21N3O3. The summed E-state index contributed by atoms with van der Waals surface area (Å²) in [6.45, 7) is 2.05. The van der Waals surface area contributed by atoms with Crippen LogP contribution in [0.1, 0.15) is 19.3 Å². The van der Waals surface area contributed by atoms with Gasteiger partial charge in [-0.05, 0) is 50.2 Å². The first-order chi connectivity index (χ1) is 10.1. The molecule has 6 heteroatoms. The van der Waals surface area contributed by atoms with Crippen LogP contribution in [0.2, 0.25) is 0 Å². The highest BCUT2D eigenvalue weighted by atomic mass is 16.5. The number of ether oxygens (including phenoxy) is 1. The average Bonchev–Trinajstić information content (AvgIpc) is 2.49. The van der Waals surface area contributed by atoms with E-state index in [2.05, 4.69) is 10.6 Å². The molecule has 21 heavy (non-hydrogen) atoms. The van der Waals surface area contributed by atoms with Crippen LogP contribution in [0, 0.1) is 5.92 Å². The highest BCUT2D eigenvalue weighted by molar-refractivity contribution is 5.92. The van der Waals surface area contributed by atoms with Gasteiger partial charge in [-0.3, -0.25) is 9.59 Å². The molecule has 0 radical (unpaired) electrons. The summed E-state index contributed by atoms with van der Waals surface area (Å²) < 4.78 is 5.37. The molecule has 6 nitrogen and oxygen atoms in total. The zero-order valence-electron chi connectivity index (χ0n) is 11.9. The number of carbonyl (C=O) groups excluding carboxylic acids is 2. The molecule has 1 heterocycles. The van der Waals surface area contributed by atoms with E-state index in [1.807, 2.05) is 0 Å². The average molecular weight is 291 g/mol. The third-order valence-electron chi connectivity index (χ3n) is 3.45. The van der Waals surface area contributed by atoms with Crippen molar-refractivity contribution in [2.24, 2.45) is 11.7 Å². The second-order valence-corrected chi connectivity index (χ2v) is 5.10. The SMILES string of the molecule is NC(=O)CCOc1ccc(NC(=O)C2CCNCC2)cc1. The molecule has 1 fully saturated rings. The van der Waals surface area contributed by atoms with E-state index in [0.29, 0.717) is 5.75 Å². The maximum absolute atomic E-state index is 12.1. The minimum Gasteiger partial charge on any atom is -0.493 e. The van der Waals surface area contributed by atoms with Crippen molar-refractivity contribution in [3.8, 4) is 5.75 Å². The molecule has 0 aliphatic carbocycles. The summed E-state index contributed by atoms with van der Waals surface area (Å²) >= 11 is 0. The fourth-order valence-electron chi connectivity index (χ4n) is 2.23. The Morgan fingerprint density at radius 1 is 1.24 bits per heavy atom. The molecule has 1 aromatic carbocycles. The van der Waals surface area contributed by atoms with Gasteiger partial charge in [0.15, 0.2) is 0 Å². The van der Waals surface area contributed by atoms with E-state index in [4.69, 9.17) is 10.5 Å². The van der Waals surface area contributed by atoms with Crippen LogP contribution in [0.25, 0.3) is 0 Å². The monoisotopic (exact) mass is 291 g/mol. The Morgan fingerprint density at radius 3 is 2.52 bits per heavy atom. The van der Waals surface area contributed by atoms with Crippen LogP contribution in [0.3, 0.4) is 0 Å². The van der Waals surface area contributed by atoms with Crippen molar-refractivity contribution in [3.05, 3.63) is 24.3 Å². The van der Waals surface area contributed by atoms with Gasteiger partial charge in [-0.1, -0.05) is 0 Å². The third kappa shape index (κ3) is 5.07. The number of hydrogen-bond donors (Lipinski definition) is 3. The van der Waals surface area contributed by atoms with E-state index in [0.717, 1.165) is 31.6 Å². The van der Waals surface area contributed by atoms with Gasteiger partial charge in [0.2, 0.25) is 11.8 Å². The van der Waals surface area contributed by atoms with Crippen LogP contribution < -0.4 is 21.1 Å². The minimum absolute atomic E-state index is 0.0684. The Balaban J connectivity index is 1.81. The molecule has 0 atom stereocenters. The lowest BCUT2D eigenvalue weighted by Crippen LogP contribution is -2.34. The number of nitrogens with two attached hydrogens (primary N) is 1. The number of carbonyl (C=O) groups is 2. The Labute approximate surface area is 124 Å². The van der Waals surface area contributed by atoms with E-state index < -0.39 is 0 Å². The van der Waals surface area contributed by atoms with Crippen molar-refractivity contribution in [2.75, 3.05) is 25.0 Å². The van der Waals surface area contributed by atoms with Crippen LogP contribution >= 0.6 is 0 Å². The van der Waals surface area contributed by atoms with Crippen molar-refractivity contribution in [1.82, 2.24) is 5.32 Å². The molecule has 1 aromatic rings. The van der Waals surface area contributed by atoms with Crippen LogP contribution in [0.4, 0.5) is 5.69 Å². The molecule has 0 unspecified atom stereocenters. The molecule has 1 saturated heterocycles. The first-order valence-electron chi connectivity index (χ1n) is 7.18. The van der Waals surface area contributed by atoms with Crippen molar-refractivity contribution in [2.45, 2.75) is 19.3 Å². The Bertz CT molecular complexity index is 481. The van der Waals surface area contributed by atoms with E-state index in [1.165, 1.54) is 0 Å². The molecule has 0 spiro atoms. The number of nitrogens with one attached hydrogen (secondary N) is 2. The summed E-state index contributed by atoms with van der Waals surface area (Å²) in [7, 11) is 0. The quantitative estimate of drug-likeness (QED) is 0.725. The smallest absolute Gasteiger partial charge is 0.227 e. The van der Waals surface area contributed by atoms with Crippen molar-refractivity contribution >= 4 is 17.5 Å². The lowest BCUT2D eigenvalue weighted by molar-refractivity contribution is -0.120. The Hall–Kier alpha value is -2.08. The second-order valence-electron chi connectivity index (χ2n) is 5.10. The van der Waals surface area contributed by atoms with Crippen LogP contribution in [0.5, 0.6) is 5.75 Å². The van der Waals surface area contributed by atoms with Gasteiger partial charge in [0.1, 0.15) is 5.75 Å². The molecule has 0 bridgehead atoms. The maximum atomic E-state index is 12.1. The molecule has 0 saturated carbocycles. The third-order valence-corrected chi connectivity index (χ3v) is 3.45. The standard InChI is InChI=1S/C15H21N3O3/c16-14(19)7-10-21-13-3-1-12(2-4-13)18-15(20)11-5-8-17-9-6-11/h1-4,11,17H,5-10H2,(H2,16,19)(H,18,20). The van der Waals surface area contributed by atoms with Crippen molar-refractivity contribution in [1.29, 1.82) is 0 Å². The number of piperidine rings is 1. The van der Waals surface area contributed by atoms with Gasteiger partial charge in [-0.15, -0.1) is 0 Å². The highest BCUT2D eigenvalue weighted by Gasteiger charge is 2.20. The van der Waals surface area contributed by atoms with E-state index in [9.17, 15) is 9.59 Å². The first kappa shape index (κ1) is 15.3. The number of amides is 2. The molecule has 4 N–H and O–H groups in total. The molecule has 114 valence electrons. The highest BCUT2D eigenvalue weighted by Crippen LogP contribution is 2.18. The van der Waals surface area contributed by atoms with Crippen LogP contribution in [-0.2, 0) is 9.59 Å². The maximum Gasteiger partial charge on any atom is 0.227 e. The second kappa shape index (κ2) is 7.64. The molecule has 0 aromatic heterocycles. The van der Waals surface area contributed by atoms with Gasteiger partial charge < -0.3 is 21.1 Å². The molecule has 2 rings (SSSR count). The fourth-order valence-corrected chi connectivity index (χ4v) is 2.23. The minimum atomic E-state index is -0.388. The fraction of sp³-hybridized carbons (Fsp3) is 0.467. The zero-order valence-corrected chi connectivity index (χ0v) is 11.9. The Kier molecular flexibility index (Phi) is 5.57. The van der Waals surface area contributed by atoms with Gasteiger partial charge in [0.05, 0.1) is 13.0 Å². The topological polar surface area (TPSA) is 93.5 Å². The number of rotatable bonds is 6. The summed E-state index contributed by atoms with van der Waals surface area (Å²) in [5, 5.41) is 6.16. The normalized spacial score (nSPS) is 15.4. The lowest BCUT2D eigenvalue weighted by atomic mass is 9.97. The summed E-state index contributed by atoms with van der Waals surface area (Å²) in [6, 6.07) is 7.11. The van der Waals surface area contributed by atoms with Crippen molar-refractivity contribution < 1.29 is 14.3 Å². The van der Waals surface area contributed by atoms with Gasteiger partial charge in [0.25, 0.3) is 0 Å². The van der Waals surface area contributed by atoms with Crippen LogP contribution in [-0.4, -0.2) is 31.5 Å². The zero-order chi connectivity index (χ0) is 15.1. The van der Waals surface area contributed by atoms with E-state index in [1.54, 1.807) is 24.3 Å². The van der Waals surface area contributed by atoms with Gasteiger partial charge >= 0.3 is 0 Å². The van der Waals surface area contributed by atoms with Gasteiger partial charge in [0, 0.05) is 11.6 Å². The largest absolute Gasteiger partial charge is 0.493 e. The number of anilines is 1. The summed E-state index contributed by atoms with van der Waals surface area (Å²) in [5.74, 6) is 0.411. The molecule has 1 aliphatic heterocycles. The summed E-state index contributed by atoms with van der Waals surface area (Å²) in [4.78, 5) is 22.7. The lowest BCUT2D eigenvalue weighted by Gasteiger charge is -2.21. The number of primary amides is 1. The predicted molar refractivity (Wildman–Crippen MR) is 80.0 cm³/mol. The van der Waals surface area contributed by atoms with Gasteiger partial charge in [-0.2, -0.15) is 0 Å². The Morgan fingerprint density at radius 2 is 1.90 bits per heavy atom. The summed E-state index contributed by atoms with van der Waals surface area (Å²) in [5.41, 5.74) is 5.79. The van der Waals surface area contributed by atoms with Crippen LogP contribution in [0.15, 0.2) is 24.3 Å². The number of hydrogen-bond acceptors (Lipinski definition) is 4. The van der Waals surface area contributed by atoms with E-state index in [-0.39, 0.29) is 30.8 Å².